The molecule has 1 atom stereocenters. The van der Waals surface area contributed by atoms with E-state index in [9.17, 15) is 4.79 Å². The first-order valence-electron chi connectivity index (χ1n) is 8.35. The average molecular weight is 378 g/mol. The Bertz CT molecular complexity index is 731. The van der Waals surface area contributed by atoms with Crippen molar-refractivity contribution in [3.8, 4) is 17.2 Å². The first-order valence-corrected chi connectivity index (χ1v) is 8.35. The van der Waals surface area contributed by atoms with Gasteiger partial charge in [0.15, 0.2) is 11.5 Å². The SMILES string of the molecule is CCOc1ccccc1Oc1ccc(C(=N)[C@@H](CC)CC(=O)O)cc1.Cl. The molecule has 0 spiro atoms. The Morgan fingerprint density at radius 1 is 1.08 bits per heavy atom. The van der Waals surface area contributed by atoms with Gasteiger partial charge in [-0.1, -0.05) is 19.1 Å². The molecule has 140 valence electrons. The van der Waals surface area contributed by atoms with Crippen LogP contribution in [0.4, 0.5) is 0 Å². The number of hydrogen-bond donors (Lipinski definition) is 2. The van der Waals surface area contributed by atoms with Crippen molar-refractivity contribution in [2.24, 2.45) is 5.92 Å². The van der Waals surface area contributed by atoms with Gasteiger partial charge in [-0.15, -0.1) is 12.4 Å². The molecule has 0 aliphatic carbocycles. The molecule has 0 saturated heterocycles. The molecule has 2 N–H and O–H groups in total. The van der Waals surface area contributed by atoms with Gasteiger partial charge in [-0.05, 0) is 55.3 Å². The zero-order valence-electron chi connectivity index (χ0n) is 14.9. The summed E-state index contributed by atoms with van der Waals surface area (Å²) in [5.74, 6) is 0.765. The monoisotopic (exact) mass is 377 g/mol. The highest BCUT2D eigenvalue weighted by atomic mass is 35.5. The van der Waals surface area contributed by atoms with E-state index in [0.29, 0.717) is 41.6 Å². The molecule has 0 aliphatic rings. The first kappa shape index (κ1) is 21.5. The van der Waals surface area contributed by atoms with Gasteiger partial charge in [-0.2, -0.15) is 0 Å². The van der Waals surface area contributed by atoms with Crippen LogP contribution in [0.15, 0.2) is 48.5 Å². The lowest BCUT2D eigenvalue weighted by molar-refractivity contribution is -0.137. The quantitative estimate of drug-likeness (QED) is 0.591. The third kappa shape index (κ3) is 5.77. The summed E-state index contributed by atoms with van der Waals surface area (Å²) in [6.45, 7) is 4.36. The van der Waals surface area contributed by atoms with Crippen molar-refractivity contribution in [1.29, 1.82) is 5.41 Å². The molecule has 0 bridgehead atoms. The number of carboxylic acid groups (broad SMARTS) is 1. The number of nitrogens with one attached hydrogen (secondary N) is 1. The molecule has 0 amide bonds. The van der Waals surface area contributed by atoms with E-state index in [1.165, 1.54) is 0 Å². The topological polar surface area (TPSA) is 79.6 Å². The minimum absolute atomic E-state index is 0. The van der Waals surface area contributed by atoms with Crippen LogP contribution in [-0.4, -0.2) is 23.4 Å². The molecule has 6 heteroatoms. The van der Waals surface area contributed by atoms with Crippen LogP contribution >= 0.6 is 12.4 Å². The maximum absolute atomic E-state index is 10.9. The Hall–Kier alpha value is -2.53. The number of rotatable bonds is 9. The second-order valence-electron chi connectivity index (χ2n) is 5.62. The number of aliphatic carboxylic acids is 1. The Balaban J connectivity index is 0.00000338. The maximum Gasteiger partial charge on any atom is 0.304 e. The third-order valence-corrected chi connectivity index (χ3v) is 3.86. The van der Waals surface area contributed by atoms with Gasteiger partial charge in [-0.3, -0.25) is 4.79 Å². The first-order chi connectivity index (χ1) is 12.0. The van der Waals surface area contributed by atoms with Gasteiger partial charge in [0.2, 0.25) is 0 Å². The van der Waals surface area contributed by atoms with E-state index in [-0.39, 0.29) is 24.7 Å². The van der Waals surface area contributed by atoms with Crippen molar-refractivity contribution < 1.29 is 19.4 Å². The Labute approximate surface area is 159 Å². The van der Waals surface area contributed by atoms with E-state index in [1.54, 1.807) is 24.3 Å². The van der Waals surface area contributed by atoms with Crippen LogP contribution in [0.3, 0.4) is 0 Å². The molecule has 0 heterocycles. The third-order valence-electron chi connectivity index (χ3n) is 3.86. The lowest BCUT2D eigenvalue weighted by atomic mass is 9.91. The summed E-state index contributed by atoms with van der Waals surface area (Å²) in [6, 6.07) is 14.6. The number of benzene rings is 2. The van der Waals surface area contributed by atoms with Crippen molar-refractivity contribution >= 4 is 24.1 Å². The van der Waals surface area contributed by atoms with Crippen LogP contribution < -0.4 is 9.47 Å². The number of para-hydroxylation sites is 2. The molecular formula is C20H24ClNO4. The predicted octanol–water partition coefficient (Wildman–Crippen LogP) is 5.17. The van der Waals surface area contributed by atoms with Gasteiger partial charge in [0.05, 0.1) is 13.0 Å². The lowest BCUT2D eigenvalue weighted by Gasteiger charge is -2.15. The highest BCUT2D eigenvalue weighted by Crippen LogP contribution is 2.31. The summed E-state index contributed by atoms with van der Waals surface area (Å²) < 4.78 is 11.4. The average Bonchev–Trinajstić information content (AvgIpc) is 2.61. The minimum atomic E-state index is -0.885. The second-order valence-corrected chi connectivity index (χ2v) is 5.62. The molecule has 0 fully saturated rings. The lowest BCUT2D eigenvalue weighted by Crippen LogP contribution is -2.17. The Morgan fingerprint density at radius 3 is 2.23 bits per heavy atom. The molecule has 0 radical (unpaired) electrons. The Morgan fingerprint density at radius 2 is 1.69 bits per heavy atom. The normalized spacial score (nSPS) is 11.2. The molecule has 0 saturated carbocycles. The molecule has 0 aromatic heterocycles. The zero-order valence-corrected chi connectivity index (χ0v) is 15.7. The van der Waals surface area contributed by atoms with Crippen LogP contribution in [-0.2, 0) is 4.79 Å². The summed E-state index contributed by atoms with van der Waals surface area (Å²) in [4.78, 5) is 10.9. The minimum Gasteiger partial charge on any atom is -0.490 e. The van der Waals surface area contributed by atoms with Crippen LogP contribution in [0.2, 0.25) is 0 Å². The molecule has 2 aromatic rings. The molecular weight excluding hydrogens is 354 g/mol. The zero-order chi connectivity index (χ0) is 18.2. The van der Waals surface area contributed by atoms with Crippen LogP contribution in [0.1, 0.15) is 32.3 Å². The highest BCUT2D eigenvalue weighted by Gasteiger charge is 2.18. The largest absolute Gasteiger partial charge is 0.490 e. The molecule has 26 heavy (non-hydrogen) atoms. The van der Waals surface area contributed by atoms with Crippen LogP contribution in [0.25, 0.3) is 0 Å². The highest BCUT2D eigenvalue weighted by molar-refractivity contribution is 6.01. The predicted molar refractivity (Wildman–Crippen MR) is 104 cm³/mol. The van der Waals surface area contributed by atoms with Gasteiger partial charge in [-0.25, -0.2) is 0 Å². The van der Waals surface area contributed by atoms with Crippen LogP contribution in [0, 0.1) is 11.3 Å². The molecule has 2 rings (SSSR count). The van der Waals surface area contributed by atoms with E-state index in [0.717, 1.165) is 0 Å². The number of carbonyl (C=O) groups is 1. The fraction of sp³-hybridized carbons (Fsp3) is 0.300. The van der Waals surface area contributed by atoms with Gasteiger partial charge in [0, 0.05) is 11.6 Å². The smallest absolute Gasteiger partial charge is 0.304 e. The van der Waals surface area contributed by atoms with Gasteiger partial charge >= 0.3 is 5.97 Å². The van der Waals surface area contributed by atoms with Crippen molar-refractivity contribution in [3.05, 3.63) is 54.1 Å². The van der Waals surface area contributed by atoms with E-state index >= 15 is 0 Å². The summed E-state index contributed by atoms with van der Waals surface area (Å²) in [5, 5.41) is 17.2. The molecule has 5 nitrogen and oxygen atoms in total. The van der Waals surface area contributed by atoms with Gasteiger partial charge in [0.25, 0.3) is 0 Å². The number of ether oxygens (including phenoxy) is 2. The Kier molecular flexibility index (Phi) is 8.65. The van der Waals surface area contributed by atoms with Crippen molar-refractivity contribution in [3.63, 3.8) is 0 Å². The molecule has 0 unspecified atom stereocenters. The van der Waals surface area contributed by atoms with E-state index in [4.69, 9.17) is 20.0 Å². The van der Waals surface area contributed by atoms with Crippen molar-refractivity contribution in [1.82, 2.24) is 0 Å². The maximum atomic E-state index is 10.9. The van der Waals surface area contributed by atoms with Gasteiger partial charge in [0.1, 0.15) is 5.75 Å². The van der Waals surface area contributed by atoms with Crippen molar-refractivity contribution in [2.75, 3.05) is 6.61 Å². The fourth-order valence-electron chi connectivity index (χ4n) is 2.54. The fourth-order valence-corrected chi connectivity index (χ4v) is 2.54. The van der Waals surface area contributed by atoms with Gasteiger partial charge < -0.3 is 20.0 Å². The summed E-state index contributed by atoms with van der Waals surface area (Å²) >= 11 is 0. The van der Waals surface area contributed by atoms with Crippen LogP contribution in [0.5, 0.6) is 17.2 Å². The van der Waals surface area contributed by atoms with E-state index < -0.39 is 5.97 Å². The summed E-state index contributed by atoms with van der Waals surface area (Å²) in [5.41, 5.74) is 1.05. The molecule has 2 aromatic carbocycles. The second kappa shape index (κ2) is 10.5. The molecule has 0 aliphatic heterocycles. The summed E-state index contributed by atoms with van der Waals surface area (Å²) in [6.07, 6.45) is 0.584. The number of hydrogen-bond acceptors (Lipinski definition) is 4. The van der Waals surface area contributed by atoms with E-state index in [2.05, 4.69) is 0 Å². The summed E-state index contributed by atoms with van der Waals surface area (Å²) in [7, 11) is 0. The van der Waals surface area contributed by atoms with E-state index in [1.807, 2.05) is 38.1 Å². The van der Waals surface area contributed by atoms with Crippen molar-refractivity contribution in [2.45, 2.75) is 26.7 Å². The standard InChI is InChI=1S/C20H23NO4.ClH/c1-3-14(13-19(22)23)20(21)15-9-11-16(12-10-15)25-18-8-6-5-7-17(18)24-4-2;/h5-12,14,21H,3-4,13H2,1-2H3,(H,22,23);1H/t14-;/m0./s1. The number of halogens is 1. The number of carboxylic acids is 1.